The third-order valence-electron chi connectivity index (χ3n) is 6.23. The molecule has 1 saturated heterocycles. The summed E-state index contributed by atoms with van der Waals surface area (Å²) in [5, 5.41) is 12.5. The van der Waals surface area contributed by atoms with Gasteiger partial charge in [0.2, 0.25) is 5.95 Å². The summed E-state index contributed by atoms with van der Waals surface area (Å²) >= 11 is 0. The van der Waals surface area contributed by atoms with Crippen molar-refractivity contribution in [1.82, 2.24) is 39.5 Å². The van der Waals surface area contributed by atoms with Gasteiger partial charge in [0.15, 0.2) is 23.0 Å². The summed E-state index contributed by atoms with van der Waals surface area (Å²) in [5.41, 5.74) is 6.32. The van der Waals surface area contributed by atoms with Crippen LogP contribution < -0.4 is 5.73 Å². The molecule has 1 aliphatic rings. The second-order valence-electron chi connectivity index (χ2n) is 8.69. The van der Waals surface area contributed by atoms with E-state index in [1.165, 1.54) is 4.52 Å². The number of hydrogen-bond donors (Lipinski definition) is 1. The second-order valence-corrected chi connectivity index (χ2v) is 10.2. The molecular weight excluding hydrogens is 480 g/mol. The van der Waals surface area contributed by atoms with E-state index in [1.54, 1.807) is 22.8 Å². The molecule has 1 atom stereocenters. The van der Waals surface area contributed by atoms with Crippen LogP contribution in [0.4, 0.5) is 14.7 Å². The van der Waals surface area contributed by atoms with Gasteiger partial charge in [0, 0.05) is 47.9 Å². The van der Waals surface area contributed by atoms with Crippen LogP contribution in [-0.4, -0.2) is 74.2 Å². The van der Waals surface area contributed by atoms with Gasteiger partial charge in [0.05, 0.1) is 17.6 Å². The second kappa shape index (κ2) is 8.91. The summed E-state index contributed by atoms with van der Waals surface area (Å²) in [6.07, 6.45) is 3.39. The molecule has 0 aliphatic carbocycles. The van der Waals surface area contributed by atoms with Gasteiger partial charge in [-0.15, -0.1) is 10.2 Å². The molecule has 0 unspecified atom stereocenters. The van der Waals surface area contributed by atoms with Crippen LogP contribution >= 0.6 is 0 Å². The van der Waals surface area contributed by atoms with E-state index in [4.69, 9.17) is 5.73 Å². The molecule has 4 heterocycles. The molecule has 0 radical (unpaired) electrons. The summed E-state index contributed by atoms with van der Waals surface area (Å²) in [6.45, 7) is 1.93. The minimum absolute atomic E-state index is 0.0277. The molecule has 14 heteroatoms. The molecule has 0 saturated carbocycles. The smallest absolute Gasteiger partial charge is 0.276 e. The quantitative estimate of drug-likeness (QED) is 0.401. The van der Waals surface area contributed by atoms with Gasteiger partial charge in [0.25, 0.3) is 5.91 Å². The number of carbonyl (C=O) groups is 1. The molecule has 1 aromatic carbocycles. The number of nitrogens with two attached hydrogens (primary N) is 1. The van der Waals surface area contributed by atoms with Crippen molar-refractivity contribution < 1.29 is 17.8 Å². The Balaban J connectivity index is 1.23. The first kappa shape index (κ1) is 23.2. The predicted octanol–water partition coefficient (Wildman–Crippen LogP) is 1.52. The number of rotatable bonds is 7. The molecule has 35 heavy (non-hydrogen) atoms. The van der Waals surface area contributed by atoms with Crippen molar-refractivity contribution >= 4 is 39.2 Å². The van der Waals surface area contributed by atoms with E-state index in [9.17, 15) is 17.8 Å². The normalized spacial score (nSPS) is 18.6. The Kier molecular flexibility index (Phi) is 5.91. The van der Waals surface area contributed by atoms with Gasteiger partial charge in [-0.2, -0.15) is 4.52 Å². The largest absolute Gasteiger partial charge is 0.368 e. The van der Waals surface area contributed by atoms with E-state index in [1.807, 2.05) is 6.92 Å². The van der Waals surface area contributed by atoms with Crippen LogP contribution in [0.1, 0.15) is 42.1 Å². The average molecular weight is 504 g/mol. The van der Waals surface area contributed by atoms with Crippen molar-refractivity contribution in [2.45, 2.75) is 38.3 Å². The molecule has 1 aliphatic heterocycles. The van der Waals surface area contributed by atoms with Crippen LogP contribution in [0.3, 0.4) is 0 Å². The monoisotopic (exact) mass is 503 g/mol. The SMILES string of the molecule is C[C@@H](CCCc1nc2c3cc(F)cc(F)c3nc(N)n2n1)N(C)C(=O)c1cn(C2CS(=O)C2)nn1. The van der Waals surface area contributed by atoms with Crippen molar-refractivity contribution in [3.63, 3.8) is 0 Å². The van der Waals surface area contributed by atoms with Gasteiger partial charge >= 0.3 is 0 Å². The molecule has 4 aromatic rings. The van der Waals surface area contributed by atoms with Crippen LogP contribution in [0.25, 0.3) is 16.6 Å². The first-order valence-electron chi connectivity index (χ1n) is 11.0. The maximum atomic E-state index is 14.1. The van der Waals surface area contributed by atoms with Crippen molar-refractivity contribution in [1.29, 1.82) is 0 Å². The average Bonchev–Trinajstić information content (AvgIpc) is 3.45. The zero-order valence-corrected chi connectivity index (χ0v) is 19.9. The Morgan fingerprint density at radius 2 is 2.09 bits per heavy atom. The molecule has 3 aromatic heterocycles. The summed E-state index contributed by atoms with van der Waals surface area (Å²) < 4.78 is 42.1. The van der Waals surface area contributed by atoms with E-state index in [0.717, 1.165) is 12.1 Å². The van der Waals surface area contributed by atoms with Crippen molar-refractivity contribution in [3.05, 3.63) is 41.5 Å². The van der Waals surface area contributed by atoms with E-state index in [0.29, 0.717) is 36.6 Å². The Hall–Kier alpha value is -3.55. The van der Waals surface area contributed by atoms with E-state index < -0.39 is 22.4 Å². The highest BCUT2D eigenvalue weighted by molar-refractivity contribution is 7.86. The summed E-state index contributed by atoms with van der Waals surface area (Å²) in [6, 6.07) is 1.83. The first-order valence-corrected chi connectivity index (χ1v) is 12.5. The highest BCUT2D eigenvalue weighted by atomic mass is 32.2. The molecule has 184 valence electrons. The standard InChI is InChI=1S/C21H23F2N9O2S/c1-11(30(2)20(33)16-8-31(29-27-16)13-9-35(34)10-13)4-3-5-17-25-19-14-6-12(22)7-15(23)18(14)26-21(24)32(19)28-17/h6-8,11,13H,3-5,9-10H2,1-2H3,(H2,24,26)/t11-,13?,35?/m0/s1. The molecular formula is C21H23F2N9O2S. The Bertz CT molecular complexity index is 1460. The molecule has 2 N–H and O–H groups in total. The number of amides is 1. The highest BCUT2D eigenvalue weighted by Crippen LogP contribution is 2.24. The lowest BCUT2D eigenvalue weighted by Crippen LogP contribution is -2.35. The highest BCUT2D eigenvalue weighted by Gasteiger charge is 2.29. The van der Waals surface area contributed by atoms with Gasteiger partial charge in [0.1, 0.15) is 11.3 Å². The Labute approximate surface area is 200 Å². The lowest BCUT2D eigenvalue weighted by molar-refractivity contribution is 0.0729. The number of benzene rings is 1. The number of hydrogen-bond acceptors (Lipinski definition) is 8. The number of halogens is 2. The number of nitrogens with zero attached hydrogens (tertiary/aromatic N) is 8. The fourth-order valence-electron chi connectivity index (χ4n) is 4.02. The number of anilines is 1. The molecule has 1 fully saturated rings. The molecule has 0 spiro atoms. The number of carbonyl (C=O) groups excluding carboxylic acids is 1. The molecule has 11 nitrogen and oxygen atoms in total. The fraction of sp³-hybridized carbons (Fsp3) is 0.429. The molecule has 1 amide bonds. The third-order valence-corrected chi connectivity index (χ3v) is 7.74. The molecule has 0 bridgehead atoms. The first-order chi connectivity index (χ1) is 16.7. The van der Waals surface area contributed by atoms with Gasteiger partial charge in [-0.25, -0.2) is 23.4 Å². The van der Waals surface area contributed by atoms with Crippen LogP contribution in [0.2, 0.25) is 0 Å². The minimum Gasteiger partial charge on any atom is -0.368 e. The van der Waals surface area contributed by atoms with Gasteiger partial charge in [-0.1, -0.05) is 5.21 Å². The Morgan fingerprint density at radius 1 is 1.31 bits per heavy atom. The van der Waals surface area contributed by atoms with Crippen molar-refractivity contribution in [3.8, 4) is 0 Å². The summed E-state index contributed by atoms with van der Waals surface area (Å²) in [7, 11) is 0.888. The zero-order valence-electron chi connectivity index (χ0n) is 19.1. The van der Waals surface area contributed by atoms with Crippen LogP contribution in [0.15, 0.2) is 18.3 Å². The van der Waals surface area contributed by atoms with Gasteiger partial charge < -0.3 is 10.6 Å². The van der Waals surface area contributed by atoms with Crippen LogP contribution in [-0.2, 0) is 17.2 Å². The number of nitrogen functional groups attached to an aromatic ring is 1. The zero-order chi connectivity index (χ0) is 24.9. The number of fused-ring (bicyclic) bond motifs is 3. The molecule has 5 rings (SSSR count). The summed E-state index contributed by atoms with van der Waals surface area (Å²) in [5.74, 6) is -0.331. The maximum absolute atomic E-state index is 14.1. The van der Waals surface area contributed by atoms with Gasteiger partial charge in [-0.05, 0) is 25.8 Å². The van der Waals surface area contributed by atoms with Crippen molar-refractivity contribution in [2.24, 2.45) is 0 Å². The predicted molar refractivity (Wildman–Crippen MR) is 124 cm³/mol. The number of aryl methyl sites for hydroxylation is 1. The lowest BCUT2D eigenvalue weighted by Gasteiger charge is -2.24. The van der Waals surface area contributed by atoms with Crippen LogP contribution in [0, 0.1) is 11.6 Å². The summed E-state index contributed by atoms with van der Waals surface area (Å²) in [4.78, 5) is 22.8. The minimum atomic E-state index is -0.817. The van der Waals surface area contributed by atoms with Gasteiger partial charge in [-0.3, -0.25) is 9.00 Å². The van der Waals surface area contributed by atoms with Crippen molar-refractivity contribution in [2.75, 3.05) is 24.3 Å². The third kappa shape index (κ3) is 4.33. The topological polar surface area (TPSA) is 137 Å². The van der Waals surface area contributed by atoms with E-state index >= 15 is 0 Å². The fourth-order valence-corrected chi connectivity index (χ4v) is 5.09. The Morgan fingerprint density at radius 3 is 2.83 bits per heavy atom. The number of aromatic nitrogens is 7. The van der Waals surface area contributed by atoms with E-state index in [-0.39, 0.29) is 46.2 Å². The van der Waals surface area contributed by atoms with E-state index in [2.05, 4.69) is 25.4 Å². The van der Waals surface area contributed by atoms with Crippen LogP contribution in [0.5, 0.6) is 0 Å². The maximum Gasteiger partial charge on any atom is 0.276 e. The lowest BCUT2D eigenvalue weighted by atomic mass is 10.1.